The minimum atomic E-state index is 0.0815. The van der Waals surface area contributed by atoms with Crippen molar-refractivity contribution in [2.24, 2.45) is 5.41 Å². The van der Waals surface area contributed by atoms with Gasteiger partial charge in [-0.15, -0.1) is 0 Å². The van der Waals surface area contributed by atoms with Crippen LogP contribution in [0.5, 0.6) is 0 Å². The van der Waals surface area contributed by atoms with Crippen LogP contribution in [0, 0.1) is 5.41 Å². The fraction of sp³-hybridized carbons (Fsp3) is 0.533. The van der Waals surface area contributed by atoms with Gasteiger partial charge < -0.3 is 5.32 Å². The van der Waals surface area contributed by atoms with Gasteiger partial charge in [-0.05, 0) is 11.5 Å². The molecule has 2 aliphatic heterocycles. The van der Waals surface area contributed by atoms with Crippen molar-refractivity contribution in [3.05, 3.63) is 35.2 Å². The maximum atomic E-state index is 12.4. The van der Waals surface area contributed by atoms with E-state index in [1.165, 1.54) is 0 Å². The molecule has 2 heterocycles. The lowest BCUT2D eigenvalue weighted by Gasteiger charge is -2.41. The molecular formula is C15H21N3O. The summed E-state index contributed by atoms with van der Waals surface area (Å²) in [4.78, 5) is 12.4. The first-order valence-electron chi connectivity index (χ1n) is 6.90. The summed E-state index contributed by atoms with van der Waals surface area (Å²) in [7, 11) is 0. The molecule has 3 aliphatic rings. The number of hydrazine groups is 1. The molecule has 0 radical (unpaired) electrons. The smallest absolute Gasteiger partial charge is 0.170 e. The van der Waals surface area contributed by atoms with Crippen LogP contribution in [0.2, 0.25) is 0 Å². The Morgan fingerprint density at radius 3 is 2.89 bits per heavy atom. The Kier molecular flexibility index (Phi) is 2.78. The van der Waals surface area contributed by atoms with E-state index in [4.69, 9.17) is 0 Å². The first-order chi connectivity index (χ1) is 8.98. The zero-order valence-electron chi connectivity index (χ0n) is 11.8. The number of hydrogen-bond donors (Lipinski definition) is 2. The van der Waals surface area contributed by atoms with Crippen molar-refractivity contribution in [2.45, 2.75) is 33.2 Å². The molecular weight excluding hydrogens is 238 g/mol. The SMILES string of the molecule is CC(C)(C)C1NCCN2NC3=CC=CCC(=O)C3=C12. The van der Waals surface area contributed by atoms with Crippen LogP contribution < -0.4 is 10.7 Å². The Labute approximate surface area is 114 Å². The molecule has 1 unspecified atom stereocenters. The largest absolute Gasteiger partial charge is 0.306 e. The third-order valence-electron chi connectivity index (χ3n) is 3.88. The quantitative estimate of drug-likeness (QED) is 0.692. The summed E-state index contributed by atoms with van der Waals surface area (Å²) in [5.74, 6) is 0.211. The standard InChI is InChI=1S/C15H21N3O/c1-15(2,3)14-13-12-10(6-4-5-7-11(12)19)17-18(13)9-8-16-14/h4-6,14,16-17H,7-9H2,1-3H3. The average Bonchev–Trinajstić information content (AvgIpc) is 2.61. The predicted octanol–water partition coefficient (Wildman–Crippen LogP) is 1.49. The van der Waals surface area contributed by atoms with E-state index < -0.39 is 0 Å². The molecule has 0 aromatic heterocycles. The van der Waals surface area contributed by atoms with E-state index in [1.807, 2.05) is 18.2 Å². The summed E-state index contributed by atoms with van der Waals surface area (Å²) in [5.41, 5.74) is 6.40. The van der Waals surface area contributed by atoms with E-state index in [0.717, 1.165) is 30.1 Å². The van der Waals surface area contributed by atoms with Gasteiger partial charge in [-0.1, -0.05) is 32.9 Å². The topological polar surface area (TPSA) is 44.4 Å². The summed E-state index contributed by atoms with van der Waals surface area (Å²) < 4.78 is 0. The van der Waals surface area contributed by atoms with Crippen LogP contribution in [-0.4, -0.2) is 29.9 Å². The highest BCUT2D eigenvalue weighted by molar-refractivity contribution is 6.02. The maximum absolute atomic E-state index is 12.4. The van der Waals surface area contributed by atoms with E-state index in [9.17, 15) is 4.79 Å². The number of nitrogens with one attached hydrogen (secondary N) is 2. The van der Waals surface area contributed by atoms with Gasteiger partial charge >= 0.3 is 0 Å². The van der Waals surface area contributed by atoms with Crippen LogP contribution in [0.1, 0.15) is 27.2 Å². The number of fused-ring (bicyclic) bond motifs is 2. The molecule has 3 rings (SSSR count). The van der Waals surface area contributed by atoms with Gasteiger partial charge in [0.1, 0.15) is 0 Å². The number of Topliss-reactive ketones (excluding diaryl/α,β-unsaturated/α-hetero) is 1. The molecule has 0 spiro atoms. The Hall–Kier alpha value is -1.55. The molecule has 0 amide bonds. The number of carbonyl (C=O) groups excluding carboxylic acids is 1. The number of hydrogen-bond acceptors (Lipinski definition) is 4. The van der Waals surface area contributed by atoms with Gasteiger partial charge in [-0.3, -0.25) is 15.2 Å². The van der Waals surface area contributed by atoms with Crippen LogP contribution in [0.4, 0.5) is 0 Å². The van der Waals surface area contributed by atoms with Gasteiger partial charge in [0.25, 0.3) is 0 Å². The Morgan fingerprint density at radius 2 is 2.16 bits per heavy atom. The highest BCUT2D eigenvalue weighted by atomic mass is 16.1. The van der Waals surface area contributed by atoms with Crippen LogP contribution in [0.3, 0.4) is 0 Å². The van der Waals surface area contributed by atoms with Crippen molar-refractivity contribution < 1.29 is 4.79 Å². The maximum Gasteiger partial charge on any atom is 0.170 e. The molecule has 1 aliphatic carbocycles. The van der Waals surface area contributed by atoms with E-state index in [-0.39, 0.29) is 17.2 Å². The molecule has 2 N–H and O–H groups in total. The van der Waals surface area contributed by atoms with E-state index in [0.29, 0.717) is 6.42 Å². The highest BCUT2D eigenvalue weighted by Crippen LogP contribution is 2.36. The monoisotopic (exact) mass is 259 g/mol. The van der Waals surface area contributed by atoms with Crippen molar-refractivity contribution in [3.63, 3.8) is 0 Å². The van der Waals surface area contributed by atoms with Crippen molar-refractivity contribution in [1.82, 2.24) is 15.8 Å². The number of piperazine rings is 1. The van der Waals surface area contributed by atoms with E-state index in [1.54, 1.807) is 0 Å². The first-order valence-corrected chi connectivity index (χ1v) is 6.90. The first kappa shape index (κ1) is 12.5. The van der Waals surface area contributed by atoms with Crippen LogP contribution in [0.15, 0.2) is 35.2 Å². The zero-order valence-corrected chi connectivity index (χ0v) is 11.8. The molecule has 4 nitrogen and oxygen atoms in total. The van der Waals surface area contributed by atoms with Gasteiger partial charge in [-0.2, -0.15) is 0 Å². The predicted molar refractivity (Wildman–Crippen MR) is 75.0 cm³/mol. The summed E-state index contributed by atoms with van der Waals surface area (Å²) in [6, 6.07) is 0.205. The van der Waals surface area contributed by atoms with E-state index in [2.05, 4.69) is 36.5 Å². The molecule has 102 valence electrons. The second-order valence-electron chi connectivity index (χ2n) is 6.41. The lowest BCUT2D eigenvalue weighted by Crippen LogP contribution is -2.55. The molecule has 0 bridgehead atoms. The average molecular weight is 259 g/mol. The van der Waals surface area contributed by atoms with Crippen molar-refractivity contribution in [2.75, 3.05) is 13.1 Å². The number of nitrogens with zero attached hydrogens (tertiary/aromatic N) is 1. The summed E-state index contributed by atoms with van der Waals surface area (Å²) in [6.45, 7) is 8.46. The third kappa shape index (κ3) is 2.00. The Balaban J connectivity index is 2.12. The van der Waals surface area contributed by atoms with Crippen LogP contribution in [0.25, 0.3) is 0 Å². The van der Waals surface area contributed by atoms with Gasteiger partial charge in [0, 0.05) is 13.0 Å². The molecule has 0 saturated carbocycles. The fourth-order valence-electron chi connectivity index (χ4n) is 3.00. The molecule has 1 saturated heterocycles. The van der Waals surface area contributed by atoms with Gasteiger partial charge in [0.05, 0.1) is 29.6 Å². The van der Waals surface area contributed by atoms with Gasteiger partial charge in [0.15, 0.2) is 5.78 Å². The number of carbonyl (C=O) groups is 1. The van der Waals surface area contributed by atoms with Crippen molar-refractivity contribution >= 4 is 5.78 Å². The van der Waals surface area contributed by atoms with Crippen molar-refractivity contribution in [3.8, 4) is 0 Å². The highest BCUT2D eigenvalue weighted by Gasteiger charge is 2.41. The summed E-state index contributed by atoms with van der Waals surface area (Å²) in [6.07, 6.45) is 6.39. The molecule has 19 heavy (non-hydrogen) atoms. The van der Waals surface area contributed by atoms with E-state index >= 15 is 0 Å². The molecule has 0 aromatic carbocycles. The molecule has 1 atom stereocenters. The number of rotatable bonds is 0. The molecule has 0 aromatic rings. The summed E-state index contributed by atoms with van der Waals surface area (Å²) in [5, 5.41) is 5.71. The van der Waals surface area contributed by atoms with Gasteiger partial charge in [0.2, 0.25) is 0 Å². The lowest BCUT2D eigenvalue weighted by atomic mass is 9.81. The zero-order chi connectivity index (χ0) is 13.6. The number of ketones is 1. The van der Waals surface area contributed by atoms with Crippen LogP contribution >= 0.6 is 0 Å². The molecule has 1 fully saturated rings. The lowest BCUT2D eigenvalue weighted by molar-refractivity contribution is -0.114. The Bertz CT molecular complexity index is 508. The third-order valence-corrected chi connectivity index (χ3v) is 3.88. The number of allylic oxidation sites excluding steroid dienone is 4. The minimum Gasteiger partial charge on any atom is -0.306 e. The second-order valence-corrected chi connectivity index (χ2v) is 6.41. The normalized spacial score (nSPS) is 26.7. The molecule has 4 heteroatoms. The fourth-order valence-corrected chi connectivity index (χ4v) is 3.00. The second kappa shape index (κ2) is 4.23. The van der Waals surface area contributed by atoms with Crippen LogP contribution in [-0.2, 0) is 4.79 Å². The van der Waals surface area contributed by atoms with Crippen molar-refractivity contribution in [1.29, 1.82) is 0 Å². The summed E-state index contributed by atoms with van der Waals surface area (Å²) >= 11 is 0. The minimum absolute atomic E-state index is 0.0815. The Morgan fingerprint density at radius 1 is 1.37 bits per heavy atom. The van der Waals surface area contributed by atoms with Gasteiger partial charge in [-0.25, -0.2) is 0 Å².